The zero-order chi connectivity index (χ0) is 21.3. The first kappa shape index (κ1) is 20.5. The molecule has 0 radical (unpaired) electrons. The molecule has 0 aliphatic carbocycles. The number of fused-ring (bicyclic) bond motifs is 1. The van der Waals surface area contributed by atoms with Gasteiger partial charge in [-0.2, -0.15) is 13.2 Å². The maximum Gasteiger partial charge on any atom is 0.434 e. The molecule has 3 aromatic rings. The van der Waals surface area contributed by atoms with Gasteiger partial charge in [0, 0.05) is 17.6 Å². The number of amides is 2. The third-order valence-electron chi connectivity index (χ3n) is 3.78. The Morgan fingerprint density at radius 3 is 2.48 bits per heavy atom. The quantitative estimate of drug-likeness (QED) is 0.435. The van der Waals surface area contributed by atoms with E-state index in [1.165, 1.54) is 6.20 Å². The van der Waals surface area contributed by atoms with Crippen molar-refractivity contribution in [1.29, 1.82) is 0 Å². The average molecular weight is 433 g/mol. The van der Waals surface area contributed by atoms with Gasteiger partial charge in [0.15, 0.2) is 17.3 Å². The first-order valence-electron chi connectivity index (χ1n) is 7.84. The van der Waals surface area contributed by atoms with Crippen molar-refractivity contribution in [1.82, 2.24) is 15.3 Å². The lowest BCUT2D eigenvalue weighted by atomic mass is 10.2. The lowest BCUT2D eigenvalue weighted by Gasteiger charge is -2.10. The molecule has 0 fully saturated rings. The summed E-state index contributed by atoms with van der Waals surface area (Å²) in [6, 6.07) is 3.85. The molecule has 0 saturated carbocycles. The summed E-state index contributed by atoms with van der Waals surface area (Å²) >= 11 is 5.46. The Morgan fingerprint density at radius 2 is 1.79 bits per heavy atom. The van der Waals surface area contributed by atoms with Gasteiger partial charge in [-0.3, -0.25) is 9.59 Å². The Hall–Kier alpha value is -3.21. The van der Waals surface area contributed by atoms with E-state index in [0.29, 0.717) is 0 Å². The molecule has 0 unspecified atom stereocenters. The fourth-order valence-corrected chi connectivity index (χ4v) is 2.64. The molecule has 2 heterocycles. The van der Waals surface area contributed by atoms with Crippen LogP contribution in [0.3, 0.4) is 0 Å². The maximum absolute atomic E-state index is 13.4. The summed E-state index contributed by atoms with van der Waals surface area (Å²) < 4.78 is 65.0. The van der Waals surface area contributed by atoms with Crippen molar-refractivity contribution in [2.45, 2.75) is 12.7 Å². The molecule has 2 amide bonds. The van der Waals surface area contributed by atoms with Crippen LogP contribution in [0.4, 0.5) is 27.6 Å². The van der Waals surface area contributed by atoms with Crippen LogP contribution in [-0.2, 0) is 22.3 Å². The Kier molecular flexibility index (Phi) is 5.42. The number of H-pyrrole nitrogens is 1. The van der Waals surface area contributed by atoms with Crippen LogP contribution in [0, 0.1) is 11.6 Å². The second-order valence-corrected chi connectivity index (χ2v) is 6.19. The van der Waals surface area contributed by atoms with E-state index in [9.17, 15) is 31.5 Å². The van der Waals surface area contributed by atoms with Crippen LogP contribution in [0.1, 0.15) is 11.4 Å². The largest absolute Gasteiger partial charge is 0.434 e. The second kappa shape index (κ2) is 7.66. The summed E-state index contributed by atoms with van der Waals surface area (Å²) in [6.07, 6.45) is -3.55. The fourth-order valence-electron chi connectivity index (χ4n) is 2.43. The number of benzene rings is 1. The molecule has 0 aliphatic heterocycles. The van der Waals surface area contributed by atoms with E-state index < -0.39 is 46.9 Å². The summed E-state index contributed by atoms with van der Waals surface area (Å²) in [7, 11) is 0. The van der Waals surface area contributed by atoms with Crippen LogP contribution in [0.15, 0.2) is 30.5 Å². The highest BCUT2D eigenvalue weighted by Crippen LogP contribution is 2.33. The molecule has 0 aliphatic rings. The predicted molar refractivity (Wildman–Crippen MR) is 92.9 cm³/mol. The number of hydrogen-bond donors (Lipinski definition) is 3. The van der Waals surface area contributed by atoms with E-state index in [1.807, 2.05) is 0 Å². The third kappa shape index (κ3) is 4.45. The van der Waals surface area contributed by atoms with Crippen molar-refractivity contribution in [3.8, 4) is 0 Å². The smallest absolute Gasteiger partial charge is 0.359 e. The molecule has 3 N–H and O–H groups in total. The molecule has 29 heavy (non-hydrogen) atoms. The number of alkyl halides is 3. The minimum Gasteiger partial charge on any atom is -0.359 e. The topological polar surface area (TPSA) is 86.9 Å². The molecule has 0 saturated heterocycles. The monoisotopic (exact) mass is 432 g/mol. The standard InChI is InChI=1S/C17H10ClF5N4O2/c18-9-2-1-7(26-14(9)17(21,22)23)5-25-15(28)16(29)27-13-6-24-12-4-11(20)10(19)3-8(12)13/h1-4,6,24H,5H2,(H,25,28)(H,27,29). The zero-order valence-electron chi connectivity index (χ0n) is 14.1. The van der Waals surface area contributed by atoms with E-state index in [0.717, 1.165) is 24.3 Å². The number of halogens is 6. The Bertz CT molecular complexity index is 1110. The molecule has 0 atom stereocenters. The molecule has 6 nitrogen and oxygen atoms in total. The molecule has 12 heteroatoms. The number of hydrogen-bond acceptors (Lipinski definition) is 3. The molecular formula is C17H10ClF5N4O2. The summed E-state index contributed by atoms with van der Waals surface area (Å²) in [5.41, 5.74) is -1.29. The number of nitrogens with zero attached hydrogens (tertiary/aromatic N) is 1. The molecule has 2 aromatic heterocycles. The number of pyridine rings is 1. The van der Waals surface area contributed by atoms with Crippen molar-refractivity contribution in [3.05, 3.63) is 58.5 Å². The van der Waals surface area contributed by atoms with Crippen LogP contribution in [0.2, 0.25) is 5.02 Å². The van der Waals surface area contributed by atoms with Gasteiger partial charge in [0.25, 0.3) is 0 Å². The number of aromatic amines is 1. The molecule has 3 rings (SSSR count). The van der Waals surface area contributed by atoms with E-state index >= 15 is 0 Å². The predicted octanol–water partition coefficient (Wildman–Crippen LogP) is 3.77. The Balaban J connectivity index is 1.68. The highest BCUT2D eigenvalue weighted by atomic mass is 35.5. The van der Waals surface area contributed by atoms with Crippen molar-refractivity contribution >= 4 is 40.0 Å². The minimum absolute atomic E-state index is 0.0167. The summed E-state index contributed by atoms with van der Waals surface area (Å²) in [5, 5.41) is 3.83. The van der Waals surface area contributed by atoms with Gasteiger partial charge in [0.05, 0.1) is 28.5 Å². The maximum atomic E-state index is 13.4. The summed E-state index contributed by atoms with van der Waals surface area (Å²) in [4.78, 5) is 29.8. The average Bonchev–Trinajstić information content (AvgIpc) is 3.01. The fraction of sp³-hybridized carbons (Fsp3) is 0.118. The molecule has 152 valence electrons. The normalized spacial score (nSPS) is 11.5. The van der Waals surface area contributed by atoms with Gasteiger partial charge < -0.3 is 15.6 Å². The van der Waals surface area contributed by atoms with Crippen molar-refractivity contribution in [3.63, 3.8) is 0 Å². The van der Waals surface area contributed by atoms with Gasteiger partial charge in [-0.25, -0.2) is 13.8 Å². The van der Waals surface area contributed by atoms with Crippen molar-refractivity contribution < 1.29 is 31.5 Å². The number of aromatic nitrogens is 2. The SMILES string of the molecule is O=C(NCc1ccc(Cl)c(C(F)(F)F)n1)C(=O)Nc1c[nH]c2cc(F)c(F)cc12. The van der Waals surface area contributed by atoms with Gasteiger partial charge in [0.2, 0.25) is 0 Å². The molecule has 0 bridgehead atoms. The second-order valence-electron chi connectivity index (χ2n) is 5.78. The van der Waals surface area contributed by atoms with Crippen LogP contribution in [-0.4, -0.2) is 21.8 Å². The lowest BCUT2D eigenvalue weighted by molar-refractivity contribution is -0.141. The summed E-state index contributed by atoms with van der Waals surface area (Å²) in [5.74, 6) is -4.58. The highest BCUT2D eigenvalue weighted by molar-refractivity contribution is 6.40. The van der Waals surface area contributed by atoms with E-state index in [1.54, 1.807) is 0 Å². The number of carbonyl (C=O) groups excluding carboxylic acids is 2. The van der Waals surface area contributed by atoms with Gasteiger partial charge in [-0.1, -0.05) is 11.6 Å². The number of nitrogens with one attached hydrogen (secondary N) is 3. The molecule has 1 aromatic carbocycles. The van der Waals surface area contributed by atoms with E-state index in [2.05, 4.69) is 20.6 Å². The Labute approximate surface area is 164 Å². The van der Waals surface area contributed by atoms with Gasteiger partial charge >= 0.3 is 18.0 Å². The molecular weight excluding hydrogens is 423 g/mol. The lowest BCUT2D eigenvalue weighted by Crippen LogP contribution is -2.35. The Morgan fingerprint density at radius 1 is 1.10 bits per heavy atom. The van der Waals surface area contributed by atoms with Crippen LogP contribution >= 0.6 is 11.6 Å². The van der Waals surface area contributed by atoms with Gasteiger partial charge in [-0.05, 0) is 18.2 Å². The van der Waals surface area contributed by atoms with E-state index in [-0.39, 0.29) is 22.3 Å². The molecule has 0 spiro atoms. The van der Waals surface area contributed by atoms with Crippen LogP contribution < -0.4 is 10.6 Å². The number of carbonyl (C=O) groups is 2. The van der Waals surface area contributed by atoms with Crippen LogP contribution in [0.25, 0.3) is 10.9 Å². The first-order valence-corrected chi connectivity index (χ1v) is 8.22. The van der Waals surface area contributed by atoms with E-state index in [4.69, 9.17) is 11.6 Å². The minimum atomic E-state index is -4.78. The van der Waals surface area contributed by atoms with Crippen molar-refractivity contribution in [2.75, 3.05) is 5.32 Å². The highest BCUT2D eigenvalue weighted by Gasteiger charge is 2.35. The van der Waals surface area contributed by atoms with Crippen LogP contribution in [0.5, 0.6) is 0 Å². The first-order chi connectivity index (χ1) is 13.6. The number of rotatable bonds is 3. The summed E-state index contributed by atoms with van der Waals surface area (Å²) in [6.45, 7) is -0.472. The van der Waals surface area contributed by atoms with Gasteiger partial charge in [0.1, 0.15) is 0 Å². The third-order valence-corrected chi connectivity index (χ3v) is 4.08. The van der Waals surface area contributed by atoms with Crippen molar-refractivity contribution in [2.24, 2.45) is 0 Å². The number of anilines is 1. The van der Waals surface area contributed by atoms with Gasteiger partial charge in [-0.15, -0.1) is 0 Å². The zero-order valence-corrected chi connectivity index (χ0v) is 14.9.